The van der Waals surface area contributed by atoms with Gasteiger partial charge in [0.1, 0.15) is 35.0 Å². The fourth-order valence-electron chi connectivity index (χ4n) is 5.07. The Labute approximate surface area is 299 Å². The summed E-state index contributed by atoms with van der Waals surface area (Å²) in [6, 6.07) is 7.70. The standard InChI is InChI=1S/C34H43N13O5/c1-4-47-26(13-20(2)45-47)33(50)43-34-42-25-15-22(32(39)49)17-28(51-3)30(25)46(34)11-7-5-9-40-29-24(37)14-21(31(38)48)16-27(29)52-12-8-6-10-41-44-23(18-35)19-36/h5-8,13-18,35,40-41H,4,9-12,19,36-37H2,1-3H3,(H2,38,48)(H2,39,49)(H,42,43,50)/b7-5+,8-6+,35-18?,44-23+. The van der Waals surface area contributed by atoms with E-state index in [0.29, 0.717) is 58.4 Å². The van der Waals surface area contributed by atoms with Crippen LogP contribution in [0.1, 0.15) is 43.8 Å². The molecular weight excluding hydrogens is 670 g/mol. The quantitative estimate of drug-likeness (QED) is 0.0228. The highest BCUT2D eigenvalue weighted by Gasteiger charge is 2.21. The zero-order chi connectivity index (χ0) is 37.8. The van der Waals surface area contributed by atoms with Gasteiger partial charge >= 0.3 is 0 Å². The van der Waals surface area contributed by atoms with E-state index in [-0.39, 0.29) is 49.0 Å². The Morgan fingerprint density at radius 1 is 1.00 bits per heavy atom. The molecule has 0 saturated heterocycles. The lowest BCUT2D eigenvalue weighted by atomic mass is 10.1. The first-order valence-corrected chi connectivity index (χ1v) is 16.1. The van der Waals surface area contributed by atoms with Gasteiger partial charge in [-0.3, -0.25) is 24.4 Å². The van der Waals surface area contributed by atoms with Gasteiger partial charge < -0.3 is 53.1 Å². The molecule has 0 aliphatic rings. The number of hydrogen-bond acceptors (Lipinski definition) is 13. The lowest BCUT2D eigenvalue weighted by Gasteiger charge is -2.15. The molecule has 4 rings (SSSR count). The lowest BCUT2D eigenvalue weighted by Crippen LogP contribution is -2.20. The van der Waals surface area contributed by atoms with Crippen molar-refractivity contribution in [1.29, 1.82) is 5.41 Å². The van der Waals surface area contributed by atoms with Crippen LogP contribution in [0.3, 0.4) is 0 Å². The number of nitrogen functional groups attached to an aromatic ring is 1. The SMILES string of the molecule is CCn1nc(C)cc1C(=O)Nc1nc2cc(C(N)=O)cc(OC)c2n1C/C=C/CNc1c(N)cc(C(N)=O)cc1OC/C=C/CN/N=C(\C=N)CN. The van der Waals surface area contributed by atoms with Crippen LogP contribution in [0.5, 0.6) is 11.5 Å². The summed E-state index contributed by atoms with van der Waals surface area (Å²) >= 11 is 0. The number of amides is 3. The molecule has 0 saturated carbocycles. The van der Waals surface area contributed by atoms with Crippen LogP contribution in [0.15, 0.2) is 59.7 Å². The largest absolute Gasteiger partial charge is 0.494 e. The van der Waals surface area contributed by atoms with E-state index in [2.05, 4.69) is 31.2 Å². The number of nitrogens with one attached hydrogen (secondary N) is 4. The van der Waals surface area contributed by atoms with Crippen LogP contribution >= 0.6 is 0 Å². The van der Waals surface area contributed by atoms with Crippen molar-refractivity contribution in [3.63, 3.8) is 0 Å². The summed E-state index contributed by atoms with van der Waals surface area (Å²) in [5, 5.41) is 21.7. The summed E-state index contributed by atoms with van der Waals surface area (Å²) in [4.78, 5) is 42.0. The smallest absolute Gasteiger partial charge is 0.276 e. The van der Waals surface area contributed by atoms with Gasteiger partial charge in [-0.05, 0) is 50.3 Å². The fraction of sp³-hybridized carbons (Fsp3) is 0.265. The number of carbonyl (C=O) groups is 3. The van der Waals surface area contributed by atoms with E-state index in [9.17, 15) is 14.4 Å². The van der Waals surface area contributed by atoms with Crippen LogP contribution in [0.2, 0.25) is 0 Å². The summed E-state index contributed by atoms with van der Waals surface area (Å²) < 4.78 is 14.9. The summed E-state index contributed by atoms with van der Waals surface area (Å²) in [5.74, 6) is -0.859. The molecule has 52 heavy (non-hydrogen) atoms. The second-order valence-corrected chi connectivity index (χ2v) is 11.1. The molecule has 0 bridgehead atoms. The van der Waals surface area contributed by atoms with Crippen molar-refractivity contribution in [1.82, 2.24) is 24.8 Å². The molecule has 0 aliphatic heterocycles. The van der Waals surface area contributed by atoms with Crippen molar-refractivity contribution in [3.8, 4) is 11.5 Å². The van der Waals surface area contributed by atoms with Crippen LogP contribution < -0.4 is 48.5 Å². The number of ether oxygens (including phenoxy) is 2. The number of aromatic nitrogens is 4. The molecule has 3 amide bonds. The van der Waals surface area contributed by atoms with Gasteiger partial charge in [-0.1, -0.05) is 18.2 Å². The lowest BCUT2D eigenvalue weighted by molar-refractivity contribution is 0.0991. The molecule has 2 aromatic heterocycles. The first-order valence-electron chi connectivity index (χ1n) is 16.1. The number of nitrogens with two attached hydrogens (primary N) is 4. The Morgan fingerprint density at radius 2 is 1.71 bits per heavy atom. The number of rotatable bonds is 19. The van der Waals surface area contributed by atoms with Crippen molar-refractivity contribution in [2.24, 2.45) is 22.3 Å². The summed E-state index contributed by atoms with van der Waals surface area (Å²) in [6.07, 6.45) is 8.27. The van der Waals surface area contributed by atoms with Crippen molar-refractivity contribution in [2.45, 2.75) is 26.9 Å². The highest BCUT2D eigenvalue weighted by molar-refractivity contribution is 6.30. The van der Waals surface area contributed by atoms with E-state index in [4.69, 9.17) is 37.8 Å². The van der Waals surface area contributed by atoms with E-state index in [1.165, 1.54) is 31.4 Å². The average Bonchev–Trinajstić information content (AvgIpc) is 3.68. The zero-order valence-electron chi connectivity index (χ0n) is 29.1. The van der Waals surface area contributed by atoms with Gasteiger partial charge in [-0.2, -0.15) is 10.2 Å². The zero-order valence-corrected chi connectivity index (χ0v) is 29.1. The maximum Gasteiger partial charge on any atom is 0.276 e. The fourth-order valence-corrected chi connectivity index (χ4v) is 5.07. The molecule has 18 heteroatoms. The molecule has 0 aliphatic carbocycles. The van der Waals surface area contributed by atoms with Gasteiger partial charge in [0.05, 0.1) is 36.3 Å². The molecule has 0 atom stereocenters. The molecule has 12 N–H and O–H groups in total. The number of benzene rings is 2. The van der Waals surface area contributed by atoms with Crippen molar-refractivity contribution in [2.75, 3.05) is 49.7 Å². The highest BCUT2D eigenvalue weighted by Crippen LogP contribution is 2.33. The Hall–Kier alpha value is -6.69. The Bertz CT molecular complexity index is 2040. The molecule has 0 fully saturated rings. The summed E-state index contributed by atoms with van der Waals surface area (Å²) in [6.45, 7) is 5.37. The third kappa shape index (κ3) is 9.30. The van der Waals surface area contributed by atoms with Gasteiger partial charge in [-0.15, -0.1) is 0 Å². The number of aryl methyl sites for hydroxylation is 2. The molecule has 0 unspecified atom stereocenters. The maximum atomic E-state index is 13.4. The number of fused-ring (bicyclic) bond motifs is 1. The van der Waals surface area contributed by atoms with Gasteiger partial charge in [0.25, 0.3) is 5.91 Å². The predicted octanol–water partition coefficient (Wildman–Crippen LogP) is 1.76. The number of carbonyl (C=O) groups excluding carboxylic acids is 3. The molecule has 274 valence electrons. The highest BCUT2D eigenvalue weighted by atomic mass is 16.5. The third-order valence-corrected chi connectivity index (χ3v) is 7.55. The van der Waals surface area contributed by atoms with Crippen LogP contribution in [0, 0.1) is 12.3 Å². The van der Waals surface area contributed by atoms with E-state index < -0.39 is 17.7 Å². The normalized spacial score (nSPS) is 11.7. The van der Waals surface area contributed by atoms with Crippen LogP contribution in [-0.2, 0) is 13.1 Å². The first kappa shape index (κ1) is 38.1. The van der Waals surface area contributed by atoms with Crippen LogP contribution in [0.25, 0.3) is 11.0 Å². The number of anilines is 3. The van der Waals surface area contributed by atoms with E-state index in [1.807, 2.05) is 19.1 Å². The Morgan fingerprint density at radius 3 is 2.38 bits per heavy atom. The molecule has 18 nitrogen and oxygen atoms in total. The third-order valence-electron chi connectivity index (χ3n) is 7.55. The number of hydrazone groups is 1. The monoisotopic (exact) mass is 713 g/mol. The topological polar surface area (TPSA) is 282 Å². The number of methoxy groups -OCH3 is 1. The first-order chi connectivity index (χ1) is 25.0. The number of imidazole rings is 1. The second-order valence-electron chi connectivity index (χ2n) is 11.1. The number of nitrogens with zero attached hydrogens (tertiary/aromatic N) is 5. The van der Waals surface area contributed by atoms with Gasteiger partial charge in [0.2, 0.25) is 17.8 Å². The minimum atomic E-state index is -0.661. The molecule has 2 aromatic carbocycles. The minimum absolute atomic E-state index is 0.145. The summed E-state index contributed by atoms with van der Waals surface area (Å²) in [5.41, 5.74) is 29.1. The minimum Gasteiger partial charge on any atom is -0.494 e. The van der Waals surface area contributed by atoms with E-state index in [1.54, 1.807) is 34.4 Å². The molecule has 4 aromatic rings. The van der Waals surface area contributed by atoms with Crippen molar-refractivity contribution in [3.05, 3.63) is 77.2 Å². The summed E-state index contributed by atoms with van der Waals surface area (Å²) in [7, 11) is 1.46. The van der Waals surface area contributed by atoms with Gasteiger partial charge in [0, 0.05) is 43.5 Å². The number of hydrogen-bond donors (Lipinski definition) is 8. The molecule has 0 spiro atoms. The Balaban J connectivity index is 1.54. The van der Waals surface area contributed by atoms with E-state index >= 15 is 0 Å². The second kappa shape index (κ2) is 17.8. The number of allylic oxidation sites excluding steroid dienone is 1. The van der Waals surface area contributed by atoms with Crippen LogP contribution in [-0.4, -0.2) is 82.3 Å². The average molecular weight is 714 g/mol. The van der Waals surface area contributed by atoms with Crippen molar-refractivity contribution >= 4 is 58.0 Å². The predicted molar refractivity (Wildman–Crippen MR) is 200 cm³/mol. The molecule has 2 heterocycles. The molecule has 0 radical (unpaired) electrons. The number of primary amides is 2. The van der Waals surface area contributed by atoms with Crippen LogP contribution in [0.4, 0.5) is 17.3 Å². The Kier molecular flexibility index (Phi) is 13.1. The maximum absolute atomic E-state index is 13.4. The van der Waals surface area contributed by atoms with Crippen molar-refractivity contribution < 1.29 is 23.9 Å². The molecular formula is C34H43N13O5. The van der Waals surface area contributed by atoms with Gasteiger partial charge in [-0.25, -0.2) is 4.98 Å². The van der Waals surface area contributed by atoms with Gasteiger partial charge in [0.15, 0.2) is 0 Å². The van der Waals surface area contributed by atoms with E-state index in [0.717, 1.165) is 6.21 Å².